The van der Waals surface area contributed by atoms with E-state index in [1.54, 1.807) is 0 Å². The van der Waals surface area contributed by atoms with Gasteiger partial charge in [0.15, 0.2) is 0 Å². The molecule has 3 heteroatoms. The molecule has 0 aromatic carbocycles. The Balaban J connectivity index is 0. The van der Waals surface area contributed by atoms with Gasteiger partial charge in [0.2, 0.25) is 0 Å². The third-order valence-electron chi connectivity index (χ3n) is 2.81. The lowest BCUT2D eigenvalue weighted by molar-refractivity contribution is 0.0503. The summed E-state index contributed by atoms with van der Waals surface area (Å²) in [6.07, 6.45) is 4.28. The molecule has 0 radical (unpaired) electrons. The molecule has 2 fully saturated rings. The summed E-state index contributed by atoms with van der Waals surface area (Å²) in [6, 6.07) is 0. The van der Waals surface area contributed by atoms with E-state index in [0.717, 1.165) is 26.3 Å². The minimum Gasteiger partial charge on any atom is -0.379 e. The van der Waals surface area contributed by atoms with Crippen molar-refractivity contribution < 1.29 is 4.74 Å². The summed E-state index contributed by atoms with van der Waals surface area (Å²) < 4.78 is 5.10. The van der Waals surface area contributed by atoms with Gasteiger partial charge < -0.3 is 14.5 Å². The molecule has 0 bridgehead atoms. The number of hydrogen-bond acceptors (Lipinski definition) is 3. The number of rotatable bonds is 0. The summed E-state index contributed by atoms with van der Waals surface area (Å²) in [7, 11) is 4.31. The highest BCUT2D eigenvalue weighted by Crippen LogP contribution is 2.04. The van der Waals surface area contributed by atoms with Gasteiger partial charge in [0, 0.05) is 13.1 Å². The fourth-order valence-electron chi connectivity index (χ4n) is 1.71. The van der Waals surface area contributed by atoms with Crippen LogP contribution in [0.4, 0.5) is 0 Å². The first-order chi connectivity index (χ1) is 8.79. The second-order valence-corrected chi connectivity index (χ2v) is 4.28. The van der Waals surface area contributed by atoms with Gasteiger partial charge in [-0.3, -0.25) is 0 Å². The summed E-state index contributed by atoms with van der Waals surface area (Å²) >= 11 is 0. The molecule has 2 rings (SSSR count). The van der Waals surface area contributed by atoms with Crippen molar-refractivity contribution in [3.05, 3.63) is 0 Å². The molecule has 0 saturated carbocycles. The van der Waals surface area contributed by atoms with E-state index < -0.39 is 0 Å². The highest BCUT2D eigenvalue weighted by Gasteiger charge is 2.02. The molecule has 2 aliphatic rings. The van der Waals surface area contributed by atoms with E-state index >= 15 is 0 Å². The SMILES string of the molecule is CC.CC.CN1CCCCC1.CN1CCOCC1. The second-order valence-electron chi connectivity index (χ2n) is 4.28. The molecular formula is C15H36N2O. The van der Waals surface area contributed by atoms with Gasteiger partial charge in [-0.05, 0) is 40.0 Å². The Bertz CT molecular complexity index is 114. The molecule has 18 heavy (non-hydrogen) atoms. The lowest BCUT2D eigenvalue weighted by Gasteiger charge is -2.21. The van der Waals surface area contributed by atoms with Crippen LogP contribution in [0, 0.1) is 0 Å². The van der Waals surface area contributed by atoms with Gasteiger partial charge in [-0.1, -0.05) is 34.1 Å². The van der Waals surface area contributed by atoms with Crippen molar-refractivity contribution in [1.29, 1.82) is 0 Å². The summed E-state index contributed by atoms with van der Waals surface area (Å²) in [5, 5.41) is 0. The van der Waals surface area contributed by atoms with Gasteiger partial charge in [-0.2, -0.15) is 0 Å². The van der Waals surface area contributed by atoms with Crippen molar-refractivity contribution in [1.82, 2.24) is 9.80 Å². The highest BCUT2D eigenvalue weighted by atomic mass is 16.5. The van der Waals surface area contributed by atoms with E-state index in [1.165, 1.54) is 32.4 Å². The first-order valence-corrected chi connectivity index (χ1v) is 7.74. The van der Waals surface area contributed by atoms with Gasteiger partial charge in [0.05, 0.1) is 13.2 Å². The monoisotopic (exact) mass is 260 g/mol. The minimum atomic E-state index is 0.913. The zero-order valence-electron chi connectivity index (χ0n) is 13.7. The molecule has 3 nitrogen and oxygen atoms in total. The number of likely N-dealkylation sites (tertiary alicyclic amines) is 1. The first-order valence-electron chi connectivity index (χ1n) is 7.74. The highest BCUT2D eigenvalue weighted by molar-refractivity contribution is 4.58. The number of hydrogen-bond donors (Lipinski definition) is 0. The molecule has 0 aromatic heterocycles. The first kappa shape index (κ1) is 20.2. The third-order valence-corrected chi connectivity index (χ3v) is 2.81. The lowest BCUT2D eigenvalue weighted by atomic mass is 10.1. The summed E-state index contributed by atoms with van der Waals surface area (Å²) in [5.74, 6) is 0. The zero-order chi connectivity index (χ0) is 14.2. The van der Waals surface area contributed by atoms with Crippen LogP contribution in [-0.2, 0) is 4.74 Å². The molecule has 2 heterocycles. The smallest absolute Gasteiger partial charge is 0.0594 e. The van der Waals surface area contributed by atoms with Crippen LogP contribution >= 0.6 is 0 Å². The molecule has 0 N–H and O–H groups in total. The van der Waals surface area contributed by atoms with E-state index in [4.69, 9.17) is 4.74 Å². The van der Waals surface area contributed by atoms with Crippen molar-refractivity contribution in [2.45, 2.75) is 47.0 Å². The Morgan fingerprint density at radius 1 is 0.611 bits per heavy atom. The van der Waals surface area contributed by atoms with Crippen LogP contribution in [0.5, 0.6) is 0 Å². The van der Waals surface area contributed by atoms with E-state index in [1.807, 2.05) is 27.7 Å². The van der Waals surface area contributed by atoms with Gasteiger partial charge >= 0.3 is 0 Å². The Kier molecular flexibility index (Phi) is 18.9. The maximum absolute atomic E-state index is 5.10. The molecule has 2 aliphatic heterocycles. The standard InChI is InChI=1S/C6H13N.C5H11NO.2C2H6/c1-7-5-3-2-4-6-7;1-6-2-4-7-5-3-6;2*1-2/h2-6H2,1H3;2-5H2,1H3;2*1-2H3. The van der Waals surface area contributed by atoms with Crippen LogP contribution in [0.15, 0.2) is 0 Å². The van der Waals surface area contributed by atoms with Crippen molar-refractivity contribution in [2.75, 3.05) is 53.5 Å². The Labute approximate surface area is 115 Å². The van der Waals surface area contributed by atoms with Crippen molar-refractivity contribution in [3.8, 4) is 0 Å². The molecule has 0 unspecified atom stereocenters. The largest absolute Gasteiger partial charge is 0.379 e. The number of ether oxygens (including phenoxy) is 1. The van der Waals surface area contributed by atoms with E-state index in [2.05, 4.69) is 23.9 Å². The summed E-state index contributed by atoms with van der Waals surface area (Å²) in [5.41, 5.74) is 0. The Morgan fingerprint density at radius 2 is 1.00 bits per heavy atom. The average Bonchev–Trinajstić information content (AvgIpc) is 2.46. The fraction of sp³-hybridized carbons (Fsp3) is 1.00. The van der Waals surface area contributed by atoms with Gasteiger partial charge in [0.25, 0.3) is 0 Å². The molecule has 2 saturated heterocycles. The van der Waals surface area contributed by atoms with Crippen molar-refractivity contribution >= 4 is 0 Å². The Hall–Kier alpha value is -0.120. The second kappa shape index (κ2) is 16.9. The quantitative estimate of drug-likeness (QED) is 0.665. The van der Waals surface area contributed by atoms with E-state index in [-0.39, 0.29) is 0 Å². The summed E-state index contributed by atoms with van der Waals surface area (Å²) in [4.78, 5) is 4.66. The number of morpholine rings is 1. The molecule has 112 valence electrons. The van der Waals surface area contributed by atoms with Crippen LogP contribution < -0.4 is 0 Å². The topological polar surface area (TPSA) is 15.7 Å². The predicted octanol–water partition coefficient (Wildman–Crippen LogP) is 3.10. The Morgan fingerprint density at radius 3 is 1.22 bits per heavy atom. The van der Waals surface area contributed by atoms with Crippen LogP contribution in [0.1, 0.15) is 47.0 Å². The molecule has 0 amide bonds. The van der Waals surface area contributed by atoms with Gasteiger partial charge in [0.1, 0.15) is 0 Å². The fourth-order valence-corrected chi connectivity index (χ4v) is 1.71. The maximum Gasteiger partial charge on any atom is 0.0594 e. The van der Waals surface area contributed by atoms with Crippen LogP contribution in [0.3, 0.4) is 0 Å². The van der Waals surface area contributed by atoms with Crippen molar-refractivity contribution in [2.24, 2.45) is 0 Å². The van der Waals surface area contributed by atoms with Crippen LogP contribution in [0.25, 0.3) is 0 Å². The zero-order valence-corrected chi connectivity index (χ0v) is 13.7. The van der Waals surface area contributed by atoms with Gasteiger partial charge in [-0.15, -0.1) is 0 Å². The molecular weight excluding hydrogens is 224 g/mol. The molecule has 0 atom stereocenters. The predicted molar refractivity (Wildman–Crippen MR) is 82.4 cm³/mol. The van der Waals surface area contributed by atoms with Crippen LogP contribution in [0.2, 0.25) is 0 Å². The lowest BCUT2D eigenvalue weighted by Crippen LogP contribution is -2.32. The molecule has 0 spiro atoms. The third kappa shape index (κ3) is 13.9. The minimum absolute atomic E-state index is 0.913. The number of piperidine rings is 1. The number of nitrogens with zero attached hydrogens (tertiary/aromatic N) is 2. The molecule has 0 aromatic rings. The number of likely N-dealkylation sites (N-methyl/N-ethyl adjacent to an activating group) is 1. The van der Waals surface area contributed by atoms with E-state index in [0.29, 0.717) is 0 Å². The molecule has 0 aliphatic carbocycles. The van der Waals surface area contributed by atoms with Gasteiger partial charge in [-0.25, -0.2) is 0 Å². The average molecular weight is 260 g/mol. The summed E-state index contributed by atoms with van der Waals surface area (Å²) in [6.45, 7) is 14.7. The van der Waals surface area contributed by atoms with Crippen molar-refractivity contribution in [3.63, 3.8) is 0 Å². The normalized spacial score (nSPS) is 20.3. The van der Waals surface area contributed by atoms with E-state index in [9.17, 15) is 0 Å². The maximum atomic E-state index is 5.10. The van der Waals surface area contributed by atoms with Crippen LogP contribution in [-0.4, -0.2) is 63.3 Å².